The van der Waals surface area contributed by atoms with Crippen LogP contribution >= 0.6 is 11.6 Å². The zero-order valence-corrected chi connectivity index (χ0v) is 19.6. The maximum Gasteiger partial charge on any atom is 0.329 e. The first-order valence-electron chi connectivity index (χ1n) is 10.7. The van der Waals surface area contributed by atoms with Gasteiger partial charge in [0.1, 0.15) is 11.5 Å². The average molecular weight is 463 g/mol. The Balaban J connectivity index is 1.81. The molecule has 0 spiro atoms. The lowest BCUT2D eigenvalue weighted by Gasteiger charge is -2.12. The predicted octanol–water partition coefficient (Wildman–Crippen LogP) is 5.35. The molecule has 0 bridgehead atoms. The molecule has 0 aliphatic carbocycles. The largest absolute Gasteiger partial charge is 0.496 e. The normalized spacial score (nSPS) is 11.5. The van der Waals surface area contributed by atoms with Crippen molar-refractivity contribution in [3.8, 4) is 16.9 Å². The van der Waals surface area contributed by atoms with Gasteiger partial charge >= 0.3 is 5.69 Å². The molecule has 0 unspecified atom stereocenters. The Kier molecular flexibility index (Phi) is 5.21. The molecule has 0 radical (unpaired) electrons. The number of aryl methyl sites for hydroxylation is 3. The molecule has 0 amide bonds. The molecule has 8 heteroatoms. The van der Waals surface area contributed by atoms with Crippen LogP contribution in [0.5, 0.6) is 5.75 Å². The number of ether oxygens (including phenoxy) is 1. The Morgan fingerprint density at radius 2 is 1.88 bits per heavy atom. The zero-order valence-electron chi connectivity index (χ0n) is 18.8. The molecule has 0 fully saturated rings. The fourth-order valence-corrected chi connectivity index (χ4v) is 4.60. The van der Waals surface area contributed by atoms with Gasteiger partial charge in [-0.25, -0.2) is 4.79 Å². The first-order valence-corrected chi connectivity index (χ1v) is 11.1. The van der Waals surface area contributed by atoms with Crippen LogP contribution < -0.4 is 10.4 Å². The molecule has 0 atom stereocenters. The van der Waals surface area contributed by atoms with Crippen LogP contribution in [0.4, 0.5) is 0 Å². The molecule has 3 aromatic heterocycles. The Labute approximate surface area is 195 Å². The molecular formula is C25H23ClN4O3. The summed E-state index contributed by atoms with van der Waals surface area (Å²) in [5.74, 6) is 1.38. The van der Waals surface area contributed by atoms with Crippen LogP contribution in [-0.4, -0.2) is 26.4 Å². The van der Waals surface area contributed by atoms with E-state index in [9.17, 15) is 4.79 Å². The number of pyridine rings is 1. The molecule has 0 N–H and O–H groups in total. The average Bonchev–Trinajstić information content (AvgIpc) is 3.29. The van der Waals surface area contributed by atoms with Crippen LogP contribution in [0.25, 0.3) is 33.1 Å². The van der Waals surface area contributed by atoms with Crippen LogP contribution in [0.1, 0.15) is 23.9 Å². The maximum atomic E-state index is 13.4. The topological polar surface area (TPSA) is 75.1 Å². The van der Waals surface area contributed by atoms with Crippen molar-refractivity contribution in [2.24, 2.45) is 0 Å². The van der Waals surface area contributed by atoms with Crippen LogP contribution in [-0.2, 0) is 13.1 Å². The number of fused-ring (bicyclic) bond motifs is 3. The summed E-state index contributed by atoms with van der Waals surface area (Å²) >= 11 is 6.05. The molecule has 3 heterocycles. The summed E-state index contributed by atoms with van der Waals surface area (Å²) in [4.78, 5) is 18.1. The number of nitrogens with zero attached hydrogens (tertiary/aromatic N) is 4. The lowest BCUT2D eigenvalue weighted by Crippen LogP contribution is -2.24. The Hall–Kier alpha value is -3.58. The van der Waals surface area contributed by atoms with E-state index >= 15 is 0 Å². The van der Waals surface area contributed by atoms with Gasteiger partial charge in [0.2, 0.25) is 0 Å². The van der Waals surface area contributed by atoms with Crippen LogP contribution in [0.15, 0.2) is 51.9 Å². The molecule has 0 aliphatic heterocycles. The highest BCUT2D eigenvalue weighted by molar-refractivity contribution is 6.30. The van der Waals surface area contributed by atoms with Gasteiger partial charge in [-0.3, -0.25) is 14.1 Å². The van der Waals surface area contributed by atoms with Crippen LogP contribution in [0, 0.1) is 13.8 Å². The number of rotatable bonds is 5. The van der Waals surface area contributed by atoms with Gasteiger partial charge in [0.05, 0.1) is 47.7 Å². The van der Waals surface area contributed by atoms with Crippen molar-refractivity contribution in [3.63, 3.8) is 0 Å². The SMILES string of the molecule is CCn1c(=O)n(Cc2ccc(Cl)cc2)c2c3cc(OC)c(-c4c(C)noc4C)cc3ncc21. The highest BCUT2D eigenvalue weighted by Crippen LogP contribution is 2.38. The molecule has 0 aliphatic rings. The van der Waals surface area contributed by atoms with Gasteiger partial charge in [0, 0.05) is 22.5 Å². The molecule has 33 heavy (non-hydrogen) atoms. The molecule has 2 aromatic carbocycles. The van der Waals surface area contributed by atoms with Crippen molar-refractivity contribution >= 4 is 33.5 Å². The number of halogens is 1. The molecule has 0 saturated carbocycles. The molecule has 5 rings (SSSR count). The van der Waals surface area contributed by atoms with E-state index in [-0.39, 0.29) is 5.69 Å². The second kappa shape index (κ2) is 8.08. The van der Waals surface area contributed by atoms with Gasteiger partial charge < -0.3 is 9.26 Å². The van der Waals surface area contributed by atoms with Gasteiger partial charge in [0.15, 0.2) is 0 Å². The minimum Gasteiger partial charge on any atom is -0.496 e. The molecule has 0 saturated heterocycles. The summed E-state index contributed by atoms with van der Waals surface area (Å²) in [6, 6.07) is 11.5. The van der Waals surface area contributed by atoms with Crippen LogP contribution in [0.3, 0.4) is 0 Å². The predicted molar refractivity (Wildman–Crippen MR) is 129 cm³/mol. The minimum absolute atomic E-state index is 0.0782. The van der Waals surface area contributed by atoms with E-state index in [1.165, 1.54) is 0 Å². The summed E-state index contributed by atoms with van der Waals surface area (Å²) in [5, 5.41) is 5.59. The van der Waals surface area contributed by atoms with E-state index < -0.39 is 0 Å². The van der Waals surface area contributed by atoms with E-state index in [1.807, 2.05) is 57.2 Å². The van der Waals surface area contributed by atoms with E-state index in [1.54, 1.807) is 22.4 Å². The Morgan fingerprint density at radius 3 is 2.52 bits per heavy atom. The standard InChI is InChI=1S/C25H23ClN4O3/c1-5-29-21-12-27-20-10-19(23-14(2)28-33-15(23)3)22(32-4)11-18(20)24(21)30(25(29)31)13-16-6-8-17(26)9-7-16/h6-12H,5,13H2,1-4H3. The van der Waals surface area contributed by atoms with Gasteiger partial charge in [-0.05, 0) is 50.6 Å². The number of methoxy groups -OCH3 is 1. The number of aromatic nitrogens is 4. The summed E-state index contributed by atoms with van der Waals surface area (Å²) < 4.78 is 14.7. The molecule has 168 valence electrons. The third kappa shape index (κ3) is 3.40. The third-order valence-corrected chi connectivity index (χ3v) is 6.29. The quantitative estimate of drug-likeness (QED) is 0.352. The van der Waals surface area contributed by atoms with Crippen LogP contribution in [0.2, 0.25) is 5.02 Å². The number of hydrogen-bond donors (Lipinski definition) is 0. The van der Waals surface area contributed by atoms with E-state index in [0.717, 1.165) is 44.3 Å². The molecule has 7 nitrogen and oxygen atoms in total. The Morgan fingerprint density at radius 1 is 1.12 bits per heavy atom. The van der Waals surface area contributed by atoms with Crippen molar-refractivity contribution in [1.82, 2.24) is 19.3 Å². The van der Waals surface area contributed by atoms with Gasteiger partial charge in [-0.15, -0.1) is 0 Å². The highest BCUT2D eigenvalue weighted by Gasteiger charge is 2.21. The number of imidazole rings is 1. The monoisotopic (exact) mass is 462 g/mol. The second-order valence-corrected chi connectivity index (χ2v) is 8.44. The van der Waals surface area contributed by atoms with E-state index in [0.29, 0.717) is 29.6 Å². The third-order valence-electron chi connectivity index (χ3n) is 6.04. The van der Waals surface area contributed by atoms with Crippen molar-refractivity contribution < 1.29 is 9.26 Å². The van der Waals surface area contributed by atoms with Crippen molar-refractivity contribution in [1.29, 1.82) is 0 Å². The summed E-state index contributed by atoms with van der Waals surface area (Å²) in [5.41, 5.74) is 5.81. The molecule has 5 aromatic rings. The van der Waals surface area contributed by atoms with E-state index in [4.69, 9.17) is 25.8 Å². The van der Waals surface area contributed by atoms with Gasteiger partial charge in [0.25, 0.3) is 0 Å². The fourth-order valence-electron chi connectivity index (χ4n) is 4.48. The second-order valence-electron chi connectivity index (χ2n) is 8.00. The minimum atomic E-state index is -0.0782. The lowest BCUT2D eigenvalue weighted by atomic mass is 10.0. The Bertz CT molecular complexity index is 1540. The summed E-state index contributed by atoms with van der Waals surface area (Å²) in [7, 11) is 1.63. The van der Waals surface area contributed by atoms with Gasteiger partial charge in [-0.1, -0.05) is 28.9 Å². The fraction of sp³-hybridized carbons (Fsp3) is 0.240. The number of benzene rings is 2. The number of hydrogen-bond acceptors (Lipinski definition) is 5. The summed E-state index contributed by atoms with van der Waals surface area (Å²) in [6.07, 6.45) is 1.77. The maximum absolute atomic E-state index is 13.4. The first kappa shape index (κ1) is 21.3. The van der Waals surface area contributed by atoms with Gasteiger partial charge in [-0.2, -0.15) is 0 Å². The summed E-state index contributed by atoms with van der Waals surface area (Å²) in [6.45, 7) is 6.70. The lowest BCUT2D eigenvalue weighted by molar-refractivity contribution is 0.393. The zero-order chi connectivity index (χ0) is 23.3. The smallest absolute Gasteiger partial charge is 0.329 e. The highest BCUT2D eigenvalue weighted by atomic mass is 35.5. The molecular weight excluding hydrogens is 440 g/mol. The first-order chi connectivity index (χ1) is 15.9. The van der Waals surface area contributed by atoms with E-state index in [2.05, 4.69) is 5.16 Å². The van der Waals surface area contributed by atoms with Crippen molar-refractivity contribution in [2.45, 2.75) is 33.9 Å². The van der Waals surface area contributed by atoms with Crippen molar-refractivity contribution in [2.75, 3.05) is 7.11 Å². The van der Waals surface area contributed by atoms with Crippen molar-refractivity contribution in [3.05, 3.63) is 75.1 Å².